The highest BCUT2D eigenvalue weighted by Gasteiger charge is 2.50. The number of amides is 1. The Morgan fingerprint density at radius 1 is 1.15 bits per heavy atom. The van der Waals surface area contributed by atoms with Gasteiger partial charge in [0, 0.05) is 30.7 Å². The number of nitrogens with zero attached hydrogens (tertiary/aromatic N) is 2. The van der Waals surface area contributed by atoms with Crippen molar-refractivity contribution in [1.82, 2.24) is 4.90 Å². The number of anilines is 1. The molecule has 142 valence electrons. The lowest BCUT2D eigenvalue weighted by Crippen LogP contribution is -2.50. The molecule has 2 heterocycles. The van der Waals surface area contributed by atoms with Crippen LogP contribution in [0.3, 0.4) is 0 Å². The van der Waals surface area contributed by atoms with Gasteiger partial charge >= 0.3 is 0 Å². The largest absolute Gasteiger partial charge is 0.393 e. The smallest absolute Gasteiger partial charge is 0.230 e. The van der Waals surface area contributed by atoms with Crippen molar-refractivity contribution in [3.05, 3.63) is 29.0 Å². The predicted octanol–water partition coefficient (Wildman–Crippen LogP) is 3.60. The Kier molecular flexibility index (Phi) is 4.86. The average molecular weight is 381 g/mol. The summed E-state index contributed by atoms with van der Waals surface area (Å²) in [5, 5.41) is 10.1. The molecule has 1 spiro atoms. The zero-order valence-electron chi connectivity index (χ0n) is 15.0. The van der Waals surface area contributed by atoms with E-state index in [0.29, 0.717) is 17.3 Å². The van der Waals surface area contributed by atoms with E-state index in [1.165, 1.54) is 6.07 Å². The van der Waals surface area contributed by atoms with Crippen molar-refractivity contribution in [2.24, 2.45) is 5.41 Å². The number of carbonyl (C=O) groups excluding carboxylic acids is 1. The zero-order chi connectivity index (χ0) is 18.3. The summed E-state index contributed by atoms with van der Waals surface area (Å²) >= 11 is 5.88. The summed E-state index contributed by atoms with van der Waals surface area (Å²) in [5.41, 5.74) is 0.154. The number of benzene rings is 1. The van der Waals surface area contributed by atoms with Gasteiger partial charge in [-0.2, -0.15) is 0 Å². The molecular weight excluding hydrogens is 355 g/mol. The summed E-state index contributed by atoms with van der Waals surface area (Å²) < 4.78 is 14.4. The van der Waals surface area contributed by atoms with Crippen LogP contribution in [0.4, 0.5) is 10.1 Å². The number of aliphatic hydroxyl groups excluding tert-OH is 1. The quantitative estimate of drug-likeness (QED) is 0.852. The van der Waals surface area contributed by atoms with Crippen molar-refractivity contribution >= 4 is 23.2 Å². The molecule has 1 aliphatic carbocycles. The second kappa shape index (κ2) is 7.01. The van der Waals surface area contributed by atoms with E-state index < -0.39 is 0 Å². The number of halogens is 2. The van der Waals surface area contributed by atoms with Crippen molar-refractivity contribution in [3.63, 3.8) is 0 Å². The molecule has 2 aliphatic heterocycles. The van der Waals surface area contributed by atoms with Crippen LogP contribution in [0.5, 0.6) is 0 Å². The fourth-order valence-corrected chi connectivity index (χ4v) is 5.18. The first-order chi connectivity index (χ1) is 12.5. The Bertz CT molecular complexity index is 692. The van der Waals surface area contributed by atoms with Crippen LogP contribution < -0.4 is 4.90 Å². The molecule has 0 aromatic heterocycles. The van der Waals surface area contributed by atoms with Crippen molar-refractivity contribution in [3.8, 4) is 0 Å². The van der Waals surface area contributed by atoms with Crippen LogP contribution in [0, 0.1) is 11.2 Å². The first kappa shape index (κ1) is 18.1. The van der Waals surface area contributed by atoms with E-state index in [2.05, 4.69) is 0 Å². The van der Waals surface area contributed by atoms with E-state index in [0.717, 1.165) is 58.0 Å². The van der Waals surface area contributed by atoms with Gasteiger partial charge in [0.15, 0.2) is 0 Å². The van der Waals surface area contributed by atoms with Crippen LogP contribution in [-0.4, -0.2) is 47.7 Å². The first-order valence-corrected chi connectivity index (χ1v) is 10.1. The second-order valence-corrected chi connectivity index (χ2v) is 8.55. The van der Waals surface area contributed by atoms with E-state index in [1.54, 1.807) is 12.1 Å². The van der Waals surface area contributed by atoms with E-state index in [1.807, 2.05) is 9.80 Å². The Balaban J connectivity index is 1.50. The number of hydrogen-bond acceptors (Lipinski definition) is 3. The molecule has 1 aromatic carbocycles. The molecule has 4 nitrogen and oxygen atoms in total. The fraction of sp³-hybridized carbons (Fsp3) is 0.650. The molecule has 2 saturated heterocycles. The predicted molar refractivity (Wildman–Crippen MR) is 99.9 cm³/mol. The van der Waals surface area contributed by atoms with Gasteiger partial charge in [0.1, 0.15) is 5.82 Å². The summed E-state index contributed by atoms with van der Waals surface area (Å²) in [7, 11) is 0. The van der Waals surface area contributed by atoms with Crippen LogP contribution in [0.1, 0.15) is 44.9 Å². The van der Waals surface area contributed by atoms with Gasteiger partial charge in [-0.3, -0.25) is 4.79 Å². The molecule has 6 heteroatoms. The minimum absolute atomic E-state index is 0.212. The molecular formula is C20H26ClFN2O2. The number of carbonyl (C=O) groups is 1. The molecule has 1 amide bonds. The molecule has 3 fully saturated rings. The molecule has 0 radical (unpaired) electrons. The van der Waals surface area contributed by atoms with Crippen LogP contribution in [0.2, 0.25) is 5.02 Å². The van der Waals surface area contributed by atoms with Crippen LogP contribution >= 0.6 is 11.6 Å². The second-order valence-electron chi connectivity index (χ2n) is 8.11. The molecule has 1 atom stereocenters. The maximum absolute atomic E-state index is 14.4. The van der Waals surface area contributed by atoms with Crippen LogP contribution in [-0.2, 0) is 4.79 Å². The van der Waals surface area contributed by atoms with Gasteiger partial charge in [-0.05, 0) is 63.1 Å². The lowest BCUT2D eigenvalue weighted by atomic mass is 9.78. The highest BCUT2D eigenvalue weighted by atomic mass is 35.5. The van der Waals surface area contributed by atoms with Gasteiger partial charge < -0.3 is 14.9 Å². The standard InChI is InChI=1S/C20H26ClFN2O2/c21-14-2-7-18(17(22)12-14)23-10-1-8-20(13-23)9-11-24(19(20)26)15-3-5-16(25)6-4-15/h2,7,12,15-16,25H,1,3-6,8-11,13H2/t15-,16-,20-/m0/s1. The minimum Gasteiger partial charge on any atom is -0.393 e. The van der Waals surface area contributed by atoms with Gasteiger partial charge in [0.2, 0.25) is 5.91 Å². The molecule has 4 rings (SSSR count). The summed E-state index contributed by atoms with van der Waals surface area (Å²) in [6.45, 7) is 2.13. The molecule has 1 N–H and O–H groups in total. The summed E-state index contributed by atoms with van der Waals surface area (Å²) in [6.07, 6.45) is 5.74. The highest BCUT2D eigenvalue weighted by Crippen LogP contribution is 2.43. The number of aliphatic hydroxyl groups is 1. The summed E-state index contributed by atoms with van der Waals surface area (Å²) in [5.74, 6) is -0.0870. The third-order valence-corrected chi connectivity index (χ3v) is 6.72. The van der Waals surface area contributed by atoms with Crippen molar-refractivity contribution < 1.29 is 14.3 Å². The van der Waals surface area contributed by atoms with Crippen molar-refractivity contribution in [1.29, 1.82) is 0 Å². The topological polar surface area (TPSA) is 43.8 Å². The van der Waals surface area contributed by atoms with Gasteiger partial charge in [-0.15, -0.1) is 0 Å². The SMILES string of the molecule is O=C1N([C@H]2CC[C@H](O)CC2)CC[C@]12CCCN(c1ccc(Cl)cc1F)C2. The zero-order valence-corrected chi connectivity index (χ0v) is 15.7. The molecule has 1 saturated carbocycles. The third-order valence-electron chi connectivity index (χ3n) is 6.48. The third kappa shape index (κ3) is 3.20. The minimum atomic E-state index is -0.389. The molecule has 26 heavy (non-hydrogen) atoms. The van der Waals surface area contributed by atoms with E-state index in [9.17, 15) is 14.3 Å². The maximum atomic E-state index is 14.4. The first-order valence-electron chi connectivity index (χ1n) is 9.68. The Morgan fingerprint density at radius 3 is 2.65 bits per heavy atom. The Morgan fingerprint density at radius 2 is 1.92 bits per heavy atom. The molecule has 1 aromatic rings. The van der Waals surface area contributed by atoms with Gasteiger partial charge in [-0.1, -0.05) is 11.6 Å². The van der Waals surface area contributed by atoms with Gasteiger partial charge in [0.25, 0.3) is 0 Å². The maximum Gasteiger partial charge on any atom is 0.230 e. The lowest BCUT2D eigenvalue weighted by Gasteiger charge is -2.41. The van der Waals surface area contributed by atoms with E-state index >= 15 is 0 Å². The van der Waals surface area contributed by atoms with E-state index in [4.69, 9.17) is 11.6 Å². The number of likely N-dealkylation sites (tertiary alicyclic amines) is 1. The van der Waals surface area contributed by atoms with Crippen molar-refractivity contribution in [2.75, 3.05) is 24.5 Å². The average Bonchev–Trinajstić information content (AvgIpc) is 2.92. The number of piperidine rings is 1. The molecule has 0 unspecified atom stereocenters. The Hall–Kier alpha value is -1.33. The van der Waals surface area contributed by atoms with Gasteiger partial charge in [-0.25, -0.2) is 4.39 Å². The van der Waals surface area contributed by atoms with Crippen molar-refractivity contribution in [2.45, 2.75) is 57.1 Å². The monoisotopic (exact) mass is 380 g/mol. The van der Waals surface area contributed by atoms with Gasteiger partial charge in [0.05, 0.1) is 17.2 Å². The summed E-state index contributed by atoms with van der Waals surface area (Å²) in [4.78, 5) is 17.4. The molecule has 0 bridgehead atoms. The Labute approximate surface area is 158 Å². The van der Waals surface area contributed by atoms with Crippen LogP contribution in [0.15, 0.2) is 18.2 Å². The normalized spacial score (nSPS) is 32.5. The van der Waals surface area contributed by atoms with Crippen LogP contribution in [0.25, 0.3) is 0 Å². The fourth-order valence-electron chi connectivity index (χ4n) is 5.02. The number of hydrogen-bond donors (Lipinski definition) is 1. The lowest BCUT2D eigenvalue weighted by molar-refractivity contribution is -0.139. The summed E-state index contributed by atoms with van der Waals surface area (Å²) in [6, 6.07) is 5.02. The van der Waals surface area contributed by atoms with E-state index in [-0.39, 0.29) is 29.3 Å². The molecule has 3 aliphatic rings. The number of rotatable bonds is 2. The highest BCUT2D eigenvalue weighted by molar-refractivity contribution is 6.30.